The molecule has 1 fully saturated rings. The molecule has 0 amide bonds. The van der Waals surface area contributed by atoms with Crippen molar-refractivity contribution in [3.63, 3.8) is 0 Å². The Morgan fingerprint density at radius 3 is 2.75 bits per heavy atom. The first-order chi connectivity index (χ1) is 9.35. The Hall–Kier alpha value is -0.460. The highest BCUT2D eigenvalue weighted by Gasteiger charge is 2.26. The summed E-state index contributed by atoms with van der Waals surface area (Å²) in [7, 11) is 0. The van der Waals surface area contributed by atoms with Gasteiger partial charge in [0.05, 0.1) is 10.9 Å². The number of aromatic amines is 1. The predicted octanol–water partition coefficient (Wildman–Crippen LogP) is 2.57. The van der Waals surface area contributed by atoms with Crippen molar-refractivity contribution in [2.45, 2.75) is 50.3 Å². The summed E-state index contributed by atoms with van der Waals surface area (Å²) < 4.78 is 0. The third-order valence-electron chi connectivity index (χ3n) is 3.07. The van der Waals surface area contributed by atoms with Gasteiger partial charge in [-0.05, 0) is 20.8 Å². The van der Waals surface area contributed by atoms with E-state index in [1.165, 1.54) is 5.75 Å². The van der Waals surface area contributed by atoms with Gasteiger partial charge in [0.25, 0.3) is 5.56 Å². The van der Waals surface area contributed by atoms with Crippen molar-refractivity contribution in [3.8, 4) is 0 Å². The van der Waals surface area contributed by atoms with Gasteiger partial charge in [-0.25, -0.2) is 4.98 Å². The standard InChI is InChI=1S/C14H23N3OS2/c1-9-12(20-6-5-19-9)13-16-10(7-11(18)17-13)8-15-14(2,3)4/h7,9,12,15H,5-6,8H2,1-4H3,(H,16,17,18). The average molecular weight is 313 g/mol. The van der Waals surface area contributed by atoms with Crippen LogP contribution >= 0.6 is 23.5 Å². The summed E-state index contributed by atoms with van der Waals surface area (Å²) in [5.74, 6) is 3.12. The quantitative estimate of drug-likeness (QED) is 0.898. The van der Waals surface area contributed by atoms with Gasteiger partial charge in [0.2, 0.25) is 0 Å². The normalized spacial score (nSPS) is 23.8. The molecule has 112 valence electrons. The van der Waals surface area contributed by atoms with E-state index in [-0.39, 0.29) is 16.3 Å². The second-order valence-corrected chi connectivity index (χ2v) is 8.83. The Morgan fingerprint density at radius 2 is 2.10 bits per heavy atom. The van der Waals surface area contributed by atoms with Crippen LogP contribution in [-0.4, -0.2) is 32.3 Å². The van der Waals surface area contributed by atoms with Crippen molar-refractivity contribution in [2.24, 2.45) is 0 Å². The summed E-state index contributed by atoms with van der Waals surface area (Å²) in [5, 5.41) is 4.16. The Labute approximate surface area is 128 Å². The monoisotopic (exact) mass is 313 g/mol. The molecule has 0 aliphatic carbocycles. The van der Waals surface area contributed by atoms with Crippen LogP contribution < -0.4 is 10.9 Å². The van der Waals surface area contributed by atoms with E-state index in [4.69, 9.17) is 0 Å². The molecule has 1 aliphatic heterocycles. The SMILES string of the molecule is CC1SCCSC1c1nc(CNC(C)(C)C)cc(=O)[nH]1. The molecule has 2 heterocycles. The van der Waals surface area contributed by atoms with E-state index in [9.17, 15) is 4.79 Å². The highest BCUT2D eigenvalue weighted by molar-refractivity contribution is 8.06. The van der Waals surface area contributed by atoms with Gasteiger partial charge in [-0.1, -0.05) is 6.92 Å². The zero-order valence-corrected chi connectivity index (χ0v) is 14.2. The largest absolute Gasteiger partial charge is 0.310 e. The van der Waals surface area contributed by atoms with Crippen LogP contribution in [0.25, 0.3) is 0 Å². The van der Waals surface area contributed by atoms with Gasteiger partial charge in [0, 0.05) is 34.9 Å². The van der Waals surface area contributed by atoms with Gasteiger partial charge in [0.1, 0.15) is 5.82 Å². The van der Waals surface area contributed by atoms with E-state index >= 15 is 0 Å². The Kier molecular flexibility index (Phi) is 5.20. The van der Waals surface area contributed by atoms with Gasteiger partial charge >= 0.3 is 0 Å². The fourth-order valence-corrected chi connectivity index (χ4v) is 4.75. The molecule has 20 heavy (non-hydrogen) atoms. The fourth-order valence-electron chi connectivity index (χ4n) is 2.04. The third-order valence-corrected chi connectivity index (χ3v) is 6.17. The number of hydrogen-bond donors (Lipinski definition) is 2. The van der Waals surface area contributed by atoms with Crippen molar-refractivity contribution in [3.05, 3.63) is 27.9 Å². The molecule has 6 heteroatoms. The van der Waals surface area contributed by atoms with Gasteiger partial charge in [-0.2, -0.15) is 11.8 Å². The van der Waals surface area contributed by atoms with Gasteiger partial charge < -0.3 is 10.3 Å². The van der Waals surface area contributed by atoms with Gasteiger partial charge in [0.15, 0.2) is 0 Å². The zero-order valence-electron chi connectivity index (χ0n) is 12.5. The van der Waals surface area contributed by atoms with E-state index in [1.54, 1.807) is 6.07 Å². The molecule has 1 aromatic heterocycles. The molecule has 2 atom stereocenters. The van der Waals surface area contributed by atoms with Gasteiger partial charge in [-0.3, -0.25) is 4.79 Å². The second kappa shape index (κ2) is 6.54. The molecule has 0 radical (unpaired) electrons. The number of nitrogens with one attached hydrogen (secondary N) is 2. The lowest BCUT2D eigenvalue weighted by Gasteiger charge is -2.27. The Balaban J connectivity index is 2.17. The molecular weight excluding hydrogens is 290 g/mol. The van der Waals surface area contributed by atoms with Crippen molar-refractivity contribution in [1.29, 1.82) is 0 Å². The average Bonchev–Trinajstić information content (AvgIpc) is 2.35. The molecule has 1 saturated heterocycles. The van der Waals surface area contributed by atoms with E-state index in [0.717, 1.165) is 17.3 Å². The lowest BCUT2D eigenvalue weighted by molar-refractivity contribution is 0.420. The molecule has 2 rings (SSSR count). The van der Waals surface area contributed by atoms with Crippen molar-refractivity contribution >= 4 is 23.5 Å². The summed E-state index contributed by atoms with van der Waals surface area (Å²) in [5.41, 5.74) is 0.791. The number of H-pyrrole nitrogens is 1. The maximum absolute atomic E-state index is 11.8. The molecule has 2 unspecified atom stereocenters. The van der Waals surface area contributed by atoms with E-state index in [1.807, 2.05) is 23.5 Å². The summed E-state index contributed by atoms with van der Waals surface area (Å²) in [6, 6.07) is 1.59. The molecular formula is C14H23N3OS2. The van der Waals surface area contributed by atoms with Crippen LogP contribution in [0.4, 0.5) is 0 Å². The minimum absolute atomic E-state index is 0.0210. The van der Waals surface area contributed by atoms with Crippen LogP contribution in [-0.2, 0) is 6.54 Å². The molecule has 1 aromatic rings. The predicted molar refractivity (Wildman–Crippen MR) is 88.6 cm³/mol. The van der Waals surface area contributed by atoms with Crippen LogP contribution in [0, 0.1) is 0 Å². The Morgan fingerprint density at radius 1 is 1.40 bits per heavy atom. The highest BCUT2D eigenvalue weighted by atomic mass is 32.2. The fraction of sp³-hybridized carbons (Fsp3) is 0.714. The third kappa shape index (κ3) is 4.53. The number of nitrogens with zero attached hydrogens (tertiary/aromatic N) is 1. The van der Waals surface area contributed by atoms with Crippen molar-refractivity contribution in [1.82, 2.24) is 15.3 Å². The summed E-state index contributed by atoms with van der Waals surface area (Å²) in [6.07, 6.45) is 0. The van der Waals surface area contributed by atoms with E-state index in [0.29, 0.717) is 11.8 Å². The minimum atomic E-state index is -0.0518. The topological polar surface area (TPSA) is 57.8 Å². The van der Waals surface area contributed by atoms with Crippen molar-refractivity contribution in [2.75, 3.05) is 11.5 Å². The van der Waals surface area contributed by atoms with Crippen LogP contribution in [0.1, 0.15) is 44.5 Å². The van der Waals surface area contributed by atoms with Crippen LogP contribution in [0.2, 0.25) is 0 Å². The molecule has 0 spiro atoms. The summed E-state index contributed by atoms with van der Waals surface area (Å²) in [6.45, 7) is 9.16. The highest BCUT2D eigenvalue weighted by Crippen LogP contribution is 2.40. The lowest BCUT2D eigenvalue weighted by Crippen LogP contribution is -2.36. The zero-order chi connectivity index (χ0) is 14.8. The first-order valence-electron chi connectivity index (χ1n) is 6.93. The summed E-state index contributed by atoms with van der Waals surface area (Å²) >= 11 is 3.84. The smallest absolute Gasteiger partial charge is 0.251 e. The first kappa shape index (κ1) is 15.9. The minimum Gasteiger partial charge on any atom is -0.310 e. The van der Waals surface area contributed by atoms with Crippen LogP contribution in [0.3, 0.4) is 0 Å². The molecule has 0 saturated carbocycles. The number of aromatic nitrogens is 2. The number of rotatable bonds is 3. The first-order valence-corrected chi connectivity index (χ1v) is 9.03. The molecule has 2 N–H and O–H groups in total. The Bertz CT molecular complexity index is 510. The maximum Gasteiger partial charge on any atom is 0.251 e. The van der Waals surface area contributed by atoms with Crippen LogP contribution in [0.15, 0.2) is 10.9 Å². The molecule has 1 aliphatic rings. The molecule has 4 nitrogen and oxygen atoms in total. The van der Waals surface area contributed by atoms with Crippen molar-refractivity contribution < 1.29 is 0 Å². The number of thioether (sulfide) groups is 2. The van der Waals surface area contributed by atoms with Crippen LogP contribution in [0.5, 0.6) is 0 Å². The summed E-state index contributed by atoms with van der Waals surface area (Å²) in [4.78, 5) is 19.4. The van der Waals surface area contributed by atoms with E-state index in [2.05, 4.69) is 43.0 Å². The van der Waals surface area contributed by atoms with Gasteiger partial charge in [-0.15, -0.1) is 11.8 Å². The van der Waals surface area contributed by atoms with E-state index < -0.39 is 0 Å². The maximum atomic E-state index is 11.8. The lowest BCUT2D eigenvalue weighted by atomic mass is 10.1. The molecule has 0 bridgehead atoms. The number of hydrogen-bond acceptors (Lipinski definition) is 5. The second-order valence-electron chi connectivity index (χ2n) is 6.09. The molecule has 0 aromatic carbocycles.